The Kier molecular flexibility index (Phi) is 6.53. The summed E-state index contributed by atoms with van der Waals surface area (Å²) in [5.74, 6) is -3.37. The maximum Gasteiger partial charge on any atom is 0.342 e. The fourth-order valence-electron chi connectivity index (χ4n) is 6.98. The summed E-state index contributed by atoms with van der Waals surface area (Å²) < 4.78 is 29.0. The molecule has 2 heterocycles. The molecule has 0 aromatic rings. The van der Waals surface area contributed by atoms with E-state index in [-0.39, 0.29) is 6.42 Å². The van der Waals surface area contributed by atoms with Gasteiger partial charge in [0.05, 0.1) is 6.10 Å². The van der Waals surface area contributed by atoms with E-state index < -0.39 is 82.8 Å². The highest BCUT2D eigenvalue weighted by molar-refractivity contribution is 5.88. The van der Waals surface area contributed by atoms with Crippen LogP contribution in [0.15, 0.2) is 11.6 Å². The van der Waals surface area contributed by atoms with Crippen molar-refractivity contribution in [1.29, 1.82) is 0 Å². The van der Waals surface area contributed by atoms with Crippen LogP contribution in [0.1, 0.15) is 67.7 Å². The smallest absolute Gasteiger partial charge is 0.342 e. The molecule has 0 aromatic carbocycles. The number of carbonyl (C=O) groups is 4. The number of rotatable bonds is 3. The first-order valence-electron chi connectivity index (χ1n) is 12.5. The van der Waals surface area contributed by atoms with Gasteiger partial charge in [-0.2, -0.15) is 0 Å². The molecule has 0 radical (unpaired) electrons. The molecule has 1 unspecified atom stereocenters. The fourth-order valence-corrected chi connectivity index (χ4v) is 6.98. The molecule has 3 fully saturated rings. The van der Waals surface area contributed by atoms with E-state index in [1.165, 1.54) is 20.8 Å². The van der Waals surface area contributed by atoms with Crippen LogP contribution in [0.4, 0.5) is 0 Å². The van der Waals surface area contributed by atoms with E-state index in [1.807, 2.05) is 20.8 Å². The van der Waals surface area contributed by atoms with Gasteiger partial charge >= 0.3 is 23.9 Å². The van der Waals surface area contributed by atoms with Crippen molar-refractivity contribution in [3.63, 3.8) is 0 Å². The zero-order valence-electron chi connectivity index (χ0n) is 21.9. The summed E-state index contributed by atoms with van der Waals surface area (Å²) >= 11 is 0. The van der Waals surface area contributed by atoms with Crippen LogP contribution >= 0.6 is 0 Å². The predicted molar refractivity (Wildman–Crippen MR) is 123 cm³/mol. The van der Waals surface area contributed by atoms with Crippen molar-refractivity contribution in [2.45, 2.75) is 109 Å². The molecule has 4 rings (SSSR count). The normalized spacial score (nSPS) is 47.1. The SMILES string of the molecule is CC(=O)O[C@H]1C[C@H](OC(C)=O)[C@@]2(C)[C@H]([C@H]1C)[C@@H](O)[C@]13OC1(C)C(=O)O[C@H]3/C=C(/C)CC[C@H]2OC(C)=O. The quantitative estimate of drug-likeness (QED) is 0.261. The van der Waals surface area contributed by atoms with E-state index in [1.54, 1.807) is 13.0 Å². The molecule has 10 heteroatoms. The number of aliphatic hydroxyl groups excluding tert-OH is 1. The van der Waals surface area contributed by atoms with Crippen LogP contribution in [0.5, 0.6) is 0 Å². The number of hydrogen-bond donors (Lipinski definition) is 1. The van der Waals surface area contributed by atoms with Crippen LogP contribution < -0.4 is 0 Å². The Balaban J connectivity index is 1.92. The Bertz CT molecular complexity index is 1000. The third-order valence-corrected chi connectivity index (χ3v) is 8.78. The van der Waals surface area contributed by atoms with Crippen LogP contribution in [0.2, 0.25) is 0 Å². The van der Waals surface area contributed by atoms with Crippen molar-refractivity contribution < 1.29 is 48.0 Å². The molecule has 4 aliphatic rings. The first-order valence-corrected chi connectivity index (χ1v) is 12.5. The molecule has 0 amide bonds. The number of carbonyl (C=O) groups excluding carboxylic acids is 4. The summed E-state index contributed by atoms with van der Waals surface area (Å²) in [5, 5.41) is 12.1. The lowest BCUT2D eigenvalue weighted by Gasteiger charge is -2.56. The molecular weight excluding hydrogens is 472 g/mol. The number of allylic oxidation sites excluding steroid dienone is 1. The monoisotopic (exact) mass is 508 g/mol. The molecule has 1 N–H and O–H groups in total. The molecular formula is C26H36O10. The van der Waals surface area contributed by atoms with E-state index in [4.69, 9.17) is 23.7 Å². The third-order valence-electron chi connectivity index (χ3n) is 8.78. The largest absolute Gasteiger partial charge is 0.462 e. The van der Waals surface area contributed by atoms with Gasteiger partial charge < -0.3 is 28.8 Å². The van der Waals surface area contributed by atoms with Crippen molar-refractivity contribution in [2.24, 2.45) is 17.3 Å². The Morgan fingerprint density at radius 1 is 1.03 bits per heavy atom. The van der Waals surface area contributed by atoms with Gasteiger partial charge in [-0.3, -0.25) is 14.4 Å². The van der Waals surface area contributed by atoms with Gasteiger partial charge in [0.2, 0.25) is 0 Å². The summed E-state index contributed by atoms with van der Waals surface area (Å²) in [4.78, 5) is 49.2. The molecule has 1 saturated carbocycles. The summed E-state index contributed by atoms with van der Waals surface area (Å²) in [6.07, 6.45) is -1.61. The second-order valence-electron chi connectivity index (χ2n) is 11.1. The van der Waals surface area contributed by atoms with Gasteiger partial charge in [0.15, 0.2) is 17.3 Å². The van der Waals surface area contributed by atoms with Gasteiger partial charge in [-0.15, -0.1) is 0 Å². The number of esters is 4. The van der Waals surface area contributed by atoms with Crippen molar-refractivity contribution in [2.75, 3.05) is 0 Å². The Morgan fingerprint density at radius 2 is 1.61 bits per heavy atom. The summed E-state index contributed by atoms with van der Waals surface area (Å²) in [5.41, 5.74) is -2.98. The predicted octanol–water partition coefficient (Wildman–Crippen LogP) is 2.00. The van der Waals surface area contributed by atoms with E-state index in [0.29, 0.717) is 12.8 Å². The van der Waals surface area contributed by atoms with E-state index >= 15 is 0 Å². The Labute approximate surface area is 210 Å². The highest BCUT2D eigenvalue weighted by Gasteiger charge is 2.86. The van der Waals surface area contributed by atoms with E-state index in [2.05, 4.69) is 0 Å². The van der Waals surface area contributed by atoms with E-state index in [9.17, 15) is 24.3 Å². The van der Waals surface area contributed by atoms with Crippen LogP contribution in [0, 0.1) is 17.3 Å². The lowest BCUT2D eigenvalue weighted by molar-refractivity contribution is -0.230. The number of epoxide rings is 1. The van der Waals surface area contributed by atoms with Gasteiger partial charge in [0.1, 0.15) is 18.3 Å². The van der Waals surface area contributed by atoms with Crippen LogP contribution in [0.25, 0.3) is 0 Å². The fraction of sp³-hybridized carbons (Fsp3) is 0.769. The maximum atomic E-state index is 12.8. The minimum absolute atomic E-state index is 0.163. The zero-order chi connectivity index (χ0) is 26.8. The molecule has 200 valence electrons. The number of aliphatic hydroxyl groups is 1. The maximum absolute atomic E-state index is 12.8. The summed E-state index contributed by atoms with van der Waals surface area (Å²) in [7, 11) is 0. The van der Waals surface area contributed by atoms with Gasteiger partial charge in [0.25, 0.3) is 0 Å². The van der Waals surface area contributed by atoms with Crippen LogP contribution in [-0.4, -0.2) is 70.7 Å². The molecule has 10 nitrogen and oxygen atoms in total. The molecule has 0 aromatic heterocycles. The average Bonchev–Trinajstić information content (AvgIpc) is 3.35. The van der Waals surface area contributed by atoms with Crippen molar-refractivity contribution in [3.05, 3.63) is 11.6 Å². The third kappa shape index (κ3) is 3.84. The first-order chi connectivity index (χ1) is 16.7. The first kappa shape index (κ1) is 26.6. The molecule has 10 atom stereocenters. The van der Waals surface area contributed by atoms with Crippen molar-refractivity contribution >= 4 is 23.9 Å². The molecule has 36 heavy (non-hydrogen) atoms. The summed E-state index contributed by atoms with van der Waals surface area (Å²) in [6.45, 7) is 11.0. The number of fused-ring (bicyclic) bond motifs is 1. The molecule has 1 spiro atoms. The number of ether oxygens (including phenoxy) is 5. The minimum atomic E-state index is -1.39. The van der Waals surface area contributed by atoms with Crippen LogP contribution in [0.3, 0.4) is 0 Å². The second-order valence-corrected chi connectivity index (χ2v) is 11.1. The number of hydrogen-bond acceptors (Lipinski definition) is 10. The van der Waals surface area contributed by atoms with Crippen molar-refractivity contribution in [1.82, 2.24) is 0 Å². The van der Waals surface area contributed by atoms with E-state index in [0.717, 1.165) is 5.57 Å². The lowest BCUT2D eigenvalue weighted by atomic mass is 9.53. The average molecular weight is 509 g/mol. The highest BCUT2D eigenvalue weighted by Crippen LogP contribution is 2.65. The standard InChI is InChI=1S/C26H36O10/c1-12-8-9-18(33-15(4)28)24(6)19(34-16(5)29)11-17(32-14(3)27)13(2)21(24)22(30)26-20(10-12)35-23(31)25(26,7)36-26/h10,13,17-22,30H,8-9,11H2,1-7H3/b12-10-/t13-,17-,18+,19-,20-,21+,22+,24-,25?,26-/m0/s1. The van der Waals surface area contributed by atoms with Gasteiger partial charge in [-0.25, -0.2) is 4.79 Å². The van der Waals surface area contributed by atoms with Gasteiger partial charge in [-0.1, -0.05) is 19.4 Å². The lowest BCUT2D eigenvalue weighted by Crippen LogP contribution is -2.65. The second kappa shape index (κ2) is 8.83. The molecule has 2 aliphatic carbocycles. The summed E-state index contributed by atoms with van der Waals surface area (Å²) in [6, 6.07) is 0. The Hall–Kier alpha value is -2.46. The van der Waals surface area contributed by atoms with Crippen LogP contribution in [-0.2, 0) is 42.9 Å². The van der Waals surface area contributed by atoms with Gasteiger partial charge in [0, 0.05) is 38.5 Å². The Morgan fingerprint density at radius 3 is 2.17 bits per heavy atom. The van der Waals surface area contributed by atoms with Gasteiger partial charge in [-0.05, 0) is 38.7 Å². The highest BCUT2D eigenvalue weighted by atomic mass is 16.7. The topological polar surface area (TPSA) is 138 Å². The molecule has 2 aliphatic heterocycles. The minimum Gasteiger partial charge on any atom is -0.462 e. The zero-order valence-corrected chi connectivity index (χ0v) is 21.9. The van der Waals surface area contributed by atoms with Crippen molar-refractivity contribution in [3.8, 4) is 0 Å². The molecule has 0 bridgehead atoms. The molecule has 2 saturated heterocycles.